The number of carbonyl (C=O) groups is 1. The van der Waals surface area contributed by atoms with Crippen molar-refractivity contribution in [2.75, 3.05) is 6.61 Å². The molecule has 3 aliphatic carbocycles. The molecule has 1 spiro atoms. The molecule has 0 heterocycles. The monoisotopic (exact) mass is 322 g/mol. The minimum absolute atomic E-state index is 0.210. The summed E-state index contributed by atoms with van der Waals surface area (Å²) in [7, 11) is 0. The van der Waals surface area contributed by atoms with Gasteiger partial charge in [-0.15, -0.1) is 0 Å². The number of ether oxygens (including phenoxy) is 1. The molecule has 0 saturated heterocycles. The molecule has 2 saturated carbocycles. The number of aliphatic hydroxyl groups excluding tert-OH is 1. The Morgan fingerprint density at radius 3 is 2.52 bits per heavy atom. The normalized spacial score (nSPS) is 34.8. The fraction of sp³-hybridized carbons (Fsp3) is 0.833. The summed E-state index contributed by atoms with van der Waals surface area (Å²) < 4.78 is 5.39. The van der Waals surface area contributed by atoms with Crippen molar-refractivity contribution in [3.8, 4) is 0 Å². The lowest BCUT2D eigenvalue weighted by Crippen LogP contribution is -2.71. The quantitative estimate of drug-likeness (QED) is 0.695. The molecule has 130 valence electrons. The lowest BCUT2D eigenvalue weighted by Gasteiger charge is -2.62. The molecular formula is C18H30N2O3. The third-order valence-electron chi connectivity index (χ3n) is 5.66. The molecule has 23 heavy (non-hydrogen) atoms. The van der Waals surface area contributed by atoms with E-state index in [-0.39, 0.29) is 24.2 Å². The van der Waals surface area contributed by atoms with Gasteiger partial charge in [-0.2, -0.15) is 0 Å². The van der Waals surface area contributed by atoms with Crippen LogP contribution in [-0.2, 0) is 4.74 Å². The summed E-state index contributed by atoms with van der Waals surface area (Å²) in [4.78, 5) is 12.0. The van der Waals surface area contributed by atoms with Gasteiger partial charge in [-0.05, 0) is 46.5 Å². The molecule has 0 aromatic heterocycles. The van der Waals surface area contributed by atoms with Gasteiger partial charge in [0, 0.05) is 36.1 Å². The number of alkyl carbamates (subject to hydrolysis) is 1. The van der Waals surface area contributed by atoms with Gasteiger partial charge < -0.3 is 20.5 Å². The Kier molecular flexibility index (Phi) is 4.45. The molecule has 5 heteroatoms. The average Bonchev–Trinajstić information content (AvgIpc) is 2.80. The van der Waals surface area contributed by atoms with E-state index in [1.807, 2.05) is 20.8 Å². The van der Waals surface area contributed by atoms with E-state index in [1.54, 1.807) is 0 Å². The van der Waals surface area contributed by atoms with Gasteiger partial charge in [0.2, 0.25) is 0 Å². The first-order valence-electron chi connectivity index (χ1n) is 8.87. The van der Waals surface area contributed by atoms with Crippen LogP contribution in [0.15, 0.2) is 12.2 Å². The summed E-state index contributed by atoms with van der Waals surface area (Å²) in [6, 6.07) is 1.04. The number of aliphatic hydroxyl groups is 1. The number of hydrogen-bond donors (Lipinski definition) is 3. The molecule has 0 aromatic rings. The second-order valence-electron chi connectivity index (χ2n) is 8.41. The first kappa shape index (κ1) is 16.8. The zero-order valence-electron chi connectivity index (χ0n) is 14.5. The molecule has 0 aliphatic heterocycles. The van der Waals surface area contributed by atoms with Crippen LogP contribution in [0.1, 0.15) is 52.9 Å². The molecule has 4 atom stereocenters. The molecule has 2 fully saturated rings. The van der Waals surface area contributed by atoms with Gasteiger partial charge in [0.05, 0.1) is 0 Å². The van der Waals surface area contributed by atoms with Gasteiger partial charge in [0.15, 0.2) is 0 Å². The van der Waals surface area contributed by atoms with Gasteiger partial charge in [-0.3, -0.25) is 0 Å². The van der Waals surface area contributed by atoms with Crippen LogP contribution >= 0.6 is 0 Å². The standard InChI is InChI=1S/C18H30N2O3/c1-17(2,3)23-16(22)20-15-10-14(18(15)7-4-8-18)19-13-6-5-12(9-13)11-21/h5-6,12-15,19,21H,4,7-11H2,1-3H3,(H,20,22)/t12-,13+,14?,15?/m0/s1. The molecule has 0 aromatic carbocycles. The van der Waals surface area contributed by atoms with E-state index in [9.17, 15) is 9.90 Å². The van der Waals surface area contributed by atoms with Crippen molar-refractivity contribution in [2.24, 2.45) is 11.3 Å². The molecule has 1 amide bonds. The maximum absolute atomic E-state index is 12.0. The zero-order chi connectivity index (χ0) is 16.7. The summed E-state index contributed by atoms with van der Waals surface area (Å²) in [5.41, 5.74) is -0.242. The number of amides is 1. The maximum Gasteiger partial charge on any atom is 0.407 e. The van der Waals surface area contributed by atoms with Crippen LogP contribution in [0.5, 0.6) is 0 Å². The Balaban J connectivity index is 1.52. The van der Waals surface area contributed by atoms with E-state index in [1.165, 1.54) is 19.3 Å². The number of hydrogen-bond acceptors (Lipinski definition) is 4. The Morgan fingerprint density at radius 1 is 1.26 bits per heavy atom. The Labute approximate surface area is 138 Å². The highest BCUT2D eigenvalue weighted by atomic mass is 16.6. The van der Waals surface area contributed by atoms with Crippen LogP contribution in [0.25, 0.3) is 0 Å². The van der Waals surface area contributed by atoms with Crippen LogP contribution < -0.4 is 10.6 Å². The third-order valence-corrected chi connectivity index (χ3v) is 5.66. The number of carbonyl (C=O) groups excluding carboxylic acids is 1. The summed E-state index contributed by atoms with van der Waals surface area (Å²) in [6.07, 6.45) is 9.52. The molecule has 2 unspecified atom stereocenters. The minimum Gasteiger partial charge on any atom is -0.444 e. The van der Waals surface area contributed by atoms with Crippen molar-refractivity contribution < 1.29 is 14.6 Å². The SMILES string of the molecule is CC(C)(C)OC(=O)NC1CC(N[C@@H]2C=C[C@H](CO)C2)C12CCC2. The van der Waals surface area contributed by atoms with Crippen LogP contribution in [0.3, 0.4) is 0 Å². The van der Waals surface area contributed by atoms with E-state index in [0.29, 0.717) is 18.0 Å². The van der Waals surface area contributed by atoms with Crippen LogP contribution in [-0.4, -0.2) is 41.5 Å². The second kappa shape index (κ2) is 6.10. The molecular weight excluding hydrogens is 292 g/mol. The first-order valence-corrected chi connectivity index (χ1v) is 8.87. The first-order chi connectivity index (χ1) is 10.8. The molecule has 3 rings (SSSR count). The Hall–Kier alpha value is -1.07. The lowest BCUT2D eigenvalue weighted by molar-refractivity contribution is -0.0639. The highest BCUT2D eigenvalue weighted by molar-refractivity contribution is 5.68. The van der Waals surface area contributed by atoms with Crippen molar-refractivity contribution in [1.29, 1.82) is 0 Å². The maximum atomic E-state index is 12.0. The van der Waals surface area contributed by atoms with Crippen LogP contribution in [0, 0.1) is 11.3 Å². The largest absolute Gasteiger partial charge is 0.444 e. The fourth-order valence-corrected chi connectivity index (χ4v) is 4.25. The fourth-order valence-electron chi connectivity index (χ4n) is 4.25. The highest BCUT2D eigenvalue weighted by Crippen LogP contribution is 2.56. The van der Waals surface area contributed by atoms with Gasteiger partial charge in [0.1, 0.15) is 5.60 Å². The van der Waals surface area contributed by atoms with Crippen molar-refractivity contribution in [1.82, 2.24) is 10.6 Å². The van der Waals surface area contributed by atoms with Crippen molar-refractivity contribution >= 4 is 6.09 Å². The van der Waals surface area contributed by atoms with Gasteiger partial charge in [0.25, 0.3) is 0 Å². The highest BCUT2D eigenvalue weighted by Gasteiger charge is 2.59. The Bertz CT molecular complexity index is 479. The summed E-state index contributed by atoms with van der Waals surface area (Å²) in [5.74, 6) is 0.292. The van der Waals surface area contributed by atoms with E-state index in [0.717, 1.165) is 12.8 Å². The molecule has 3 aliphatic rings. The van der Waals surface area contributed by atoms with Crippen molar-refractivity contribution in [3.63, 3.8) is 0 Å². The van der Waals surface area contributed by atoms with Crippen LogP contribution in [0.2, 0.25) is 0 Å². The average molecular weight is 322 g/mol. The minimum atomic E-state index is -0.452. The van der Waals surface area contributed by atoms with Gasteiger partial charge >= 0.3 is 6.09 Å². The van der Waals surface area contributed by atoms with Crippen molar-refractivity contribution in [2.45, 2.75) is 76.6 Å². The Morgan fingerprint density at radius 2 is 2.00 bits per heavy atom. The summed E-state index contributed by atoms with van der Waals surface area (Å²) >= 11 is 0. The summed E-state index contributed by atoms with van der Waals surface area (Å²) in [6.45, 7) is 5.90. The molecule has 0 radical (unpaired) electrons. The van der Waals surface area contributed by atoms with Gasteiger partial charge in [-0.1, -0.05) is 18.6 Å². The van der Waals surface area contributed by atoms with Crippen LogP contribution in [0.4, 0.5) is 4.79 Å². The van der Waals surface area contributed by atoms with Gasteiger partial charge in [-0.25, -0.2) is 4.79 Å². The smallest absolute Gasteiger partial charge is 0.407 e. The van der Waals surface area contributed by atoms with E-state index in [2.05, 4.69) is 22.8 Å². The number of rotatable bonds is 4. The second-order valence-corrected chi connectivity index (χ2v) is 8.41. The van der Waals surface area contributed by atoms with Crippen molar-refractivity contribution in [3.05, 3.63) is 12.2 Å². The predicted molar refractivity (Wildman–Crippen MR) is 89.1 cm³/mol. The van der Waals surface area contributed by atoms with E-state index >= 15 is 0 Å². The number of nitrogens with one attached hydrogen (secondary N) is 2. The molecule has 5 nitrogen and oxygen atoms in total. The third kappa shape index (κ3) is 3.41. The zero-order valence-corrected chi connectivity index (χ0v) is 14.5. The summed E-state index contributed by atoms with van der Waals surface area (Å²) in [5, 5.41) is 16.1. The molecule has 0 bridgehead atoms. The van der Waals surface area contributed by atoms with E-state index in [4.69, 9.17) is 4.74 Å². The molecule has 3 N–H and O–H groups in total. The topological polar surface area (TPSA) is 70.6 Å². The van der Waals surface area contributed by atoms with E-state index < -0.39 is 5.60 Å². The predicted octanol–water partition coefficient (Wildman–Crippen LogP) is 2.35. The lowest BCUT2D eigenvalue weighted by atomic mass is 9.49.